The van der Waals surface area contributed by atoms with Gasteiger partial charge in [-0.3, -0.25) is 9.59 Å². The molecular weight excluding hydrogens is 276 g/mol. The van der Waals surface area contributed by atoms with E-state index in [1.807, 2.05) is 24.3 Å². The van der Waals surface area contributed by atoms with Crippen molar-refractivity contribution in [3.05, 3.63) is 35.4 Å². The summed E-state index contributed by atoms with van der Waals surface area (Å²) in [6, 6.07) is 7.56. The van der Waals surface area contributed by atoms with Crippen molar-refractivity contribution in [1.29, 1.82) is 0 Å². The highest BCUT2D eigenvalue weighted by atomic mass is 16.2. The predicted molar refractivity (Wildman–Crippen MR) is 82.6 cm³/mol. The van der Waals surface area contributed by atoms with Gasteiger partial charge in [0.1, 0.15) is 6.04 Å². The van der Waals surface area contributed by atoms with Gasteiger partial charge in [-0.2, -0.15) is 0 Å². The van der Waals surface area contributed by atoms with Crippen molar-refractivity contribution in [3.8, 4) is 0 Å². The van der Waals surface area contributed by atoms with E-state index >= 15 is 0 Å². The summed E-state index contributed by atoms with van der Waals surface area (Å²) in [6.07, 6.45) is 5.20. The van der Waals surface area contributed by atoms with Gasteiger partial charge in [0.2, 0.25) is 11.8 Å². The van der Waals surface area contributed by atoms with Crippen molar-refractivity contribution < 1.29 is 9.59 Å². The number of fused-ring (bicyclic) bond motifs is 3. The van der Waals surface area contributed by atoms with Gasteiger partial charge in [0.25, 0.3) is 0 Å². The molecule has 2 fully saturated rings. The fourth-order valence-corrected chi connectivity index (χ4v) is 4.77. The average molecular weight is 298 g/mol. The third-order valence-electron chi connectivity index (χ3n) is 5.92. The van der Waals surface area contributed by atoms with E-state index in [1.165, 1.54) is 19.3 Å². The molecule has 2 aliphatic carbocycles. The van der Waals surface area contributed by atoms with Crippen molar-refractivity contribution >= 4 is 11.8 Å². The van der Waals surface area contributed by atoms with Gasteiger partial charge in [-0.05, 0) is 42.2 Å². The minimum Gasteiger partial charge on any atom is -0.368 e. The molecular formula is C18H22N2O2. The summed E-state index contributed by atoms with van der Waals surface area (Å²) in [6.45, 7) is 0.524. The maximum absolute atomic E-state index is 13.0. The standard InChI is InChI=1S/C18H22N2O2/c19-17(21)16-9-12-3-1-2-4-14(12)10-20(16)18(22)15-8-11-5-6-13(15)7-11/h1-4,11,13,15-16H,5-10H2,(H2,19,21)/t11-,13-,15-,16-/m0/s1. The zero-order valence-electron chi connectivity index (χ0n) is 12.7. The fraction of sp³-hybridized carbons (Fsp3) is 0.556. The summed E-state index contributed by atoms with van der Waals surface area (Å²) in [4.78, 5) is 26.7. The summed E-state index contributed by atoms with van der Waals surface area (Å²) < 4.78 is 0. The smallest absolute Gasteiger partial charge is 0.240 e. The molecule has 2 saturated carbocycles. The third-order valence-corrected chi connectivity index (χ3v) is 5.92. The van der Waals surface area contributed by atoms with Gasteiger partial charge < -0.3 is 10.6 Å². The summed E-state index contributed by atoms with van der Waals surface area (Å²) in [7, 11) is 0. The van der Waals surface area contributed by atoms with E-state index in [2.05, 4.69) is 0 Å². The molecule has 4 nitrogen and oxygen atoms in total. The Labute approximate surface area is 130 Å². The summed E-state index contributed by atoms with van der Waals surface area (Å²) in [5.41, 5.74) is 7.89. The van der Waals surface area contributed by atoms with E-state index in [0.717, 1.165) is 23.5 Å². The Bertz CT molecular complexity index is 627. The van der Waals surface area contributed by atoms with Gasteiger partial charge in [-0.25, -0.2) is 0 Å². The van der Waals surface area contributed by atoms with Crippen molar-refractivity contribution in [2.24, 2.45) is 23.5 Å². The molecule has 2 bridgehead atoms. The number of hydrogen-bond acceptors (Lipinski definition) is 2. The highest BCUT2D eigenvalue weighted by molar-refractivity contribution is 5.88. The molecule has 2 amide bonds. The topological polar surface area (TPSA) is 63.4 Å². The number of nitrogens with zero attached hydrogens (tertiary/aromatic N) is 1. The highest BCUT2D eigenvalue weighted by Crippen LogP contribution is 2.49. The minimum atomic E-state index is -0.485. The first-order valence-corrected chi connectivity index (χ1v) is 8.30. The van der Waals surface area contributed by atoms with Crippen LogP contribution in [0.2, 0.25) is 0 Å². The maximum atomic E-state index is 13.0. The molecule has 0 aromatic heterocycles. The van der Waals surface area contributed by atoms with Crippen LogP contribution in [0.4, 0.5) is 0 Å². The molecule has 1 aromatic rings. The Kier molecular flexibility index (Phi) is 3.21. The molecule has 4 atom stereocenters. The Morgan fingerprint density at radius 1 is 1.09 bits per heavy atom. The molecule has 2 N–H and O–H groups in total. The van der Waals surface area contributed by atoms with Crippen LogP contribution in [0.3, 0.4) is 0 Å². The van der Waals surface area contributed by atoms with Gasteiger partial charge in [0.05, 0.1) is 0 Å². The normalized spacial score (nSPS) is 32.8. The van der Waals surface area contributed by atoms with Gasteiger partial charge in [-0.15, -0.1) is 0 Å². The first kappa shape index (κ1) is 13.8. The van der Waals surface area contributed by atoms with Crippen LogP contribution in [-0.2, 0) is 22.6 Å². The van der Waals surface area contributed by atoms with Crippen molar-refractivity contribution in [2.45, 2.75) is 44.7 Å². The van der Waals surface area contributed by atoms with Gasteiger partial charge in [0, 0.05) is 18.9 Å². The molecule has 1 aliphatic heterocycles. The van der Waals surface area contributed by atoms with Crippen LogP contribution in [-0.4, -0.2) is 22.8 Å². The van der Waals surface area contributed by atoms with E-state index in [4.69, 9.17) is 5.73 Å². The van der Waals surface area contributed by atoms with Crippen LogP contribution in [0, 0.1) is 17.8 Å². The number of nitrogens with two attached hydrogens (primary N) is 1. The molecule has 0 saturated heterocycles. The first-order valence-electron chi connectivity index (χ1n) is 8.30. The molecule has 0 unspecified atom stereocenters. The average Bonchev–Trinajstić information content (AvgIpc) is 3.15. The van der Waals surface area contributed by atoms with Crippen LogP contribution in [0.1, 0.15) is 36.8 Å². The van der Waals surface area contributed by atoms with Crippen molar-refractivity contribution in [1.82, 2.24) is 4.90 Å². The van der Waals surface area contributed by atoms with E-state index in [9.17, 15) is 9.59 Å². The fourth-order valence-electron chi connectivity index (χ4n) is 4.77. The Morgan fingerprint density at radius 2 is 1.86 bits per heavy atom. The monoisotopic (exact) mass is 298 g/mol. The lowest BCUT2D eigenvalue weighted by Gasteiger charge is -2.38. The van der Waals surface area contributed by atoms with Crippen LogP contribution in [0.5, 0.6) is 0 Å². The molecule has 4 rings (SSSR count). The van der Waals surface area contributed by atoms with Crippen molar-refractivity contribution in [3.63, 3.8) is 0 Å². The van der Waals surface area contributed by atoms with Crippen LogP contribution in [0.15, 0.2) is 24.3 Å². The molecule has 0 radical (unpaired) electrons. The zero-order chi connectivity index (χ0) is 15.3. The largest absolute Gasteiger partial charge is 0.368 e. The number of hydrogen-bond donors (Lipinski definition) is 1. The Balaban J connectivity index is 1.61. The lowest BCUT2D eigenvalue weighted by molar-refractivity contribution is -0.145. The maximum Gasteiger partial charge on any atom is 0.240 e. The van der Waals surface area contributed by atoms with E-state index in [-0.39, 0.29) is 17.7 Å². The molecule has 116 valence electrons. The van der Waals surface area contributed by atoms with E-state index in [1.54, 1.807) is 4.90 Å². The molecule has 0 spiro atoms. The summed E-state index contributed by atoms with van der Waals surface area (Å²) in [5, 5.41) is 0. The second-order valence-electron chi connectivity index (χ2n) is 7.14. The summed E-state index contributed by atoms with van der Waals surface area (Å²) >= 11 is 0. The van der Waals surface area contributed by atoms with Crippen LogP contribution < -0.4 is 5.73 Å². The Hall–Kier alpha value is -1.84. The summed E-state index contributed by atoms with van der Waals surface area (Å²) in [5.74, 6) is 1.15. The number of amides is 2. The second kappa shape index (κ2) is 5.11. The SMILES string of the molecule is NC(=O)[C@@H]1Cc2ccccc2CN1C(=O)[C@H]1C[C@H]2CC[C@H]1C2. The second-order valence-corrected chi connectivity index (χ2v) is 7.14. The van der Waals surface area contributed by atoms with Crippen LogP contribution in [0.25, 0.3) is 0 Å². The highest BCUT2D eigenvalue weighted by Gasteiger charge is 2.46. The molecule has 22 heavy (non-hydrogen) atoms. The van der Waals surface area contributed by atoms with Gasteiger partial charge in [-0.1, -0.05) is 30.7 Å². The van der Waals surface area contributed by atoms with E-state index < -0.39 is 6.04 Å². The van der Waals surface area contributed by atoms with Crippen LogP contribution >= 0.6 is 0 Å². The molecule has 1 heterocycles. The minimum absolute atomic E-state index is 0.117. The quantitative estimate of drug-likeness (QED) is 0.906. The molecule has 1 aromatic carbocycles. The number of carbonyl (C=O) groups is 2. The molecule has 3 aliphatic rings. The van der Waals surface area contributed by atoms with E-state index in [0.29, 0.717) is 18.9 Å². The number of carbonyl (C=O) groups excluding carboxylic acids is 2. The zero-order valence-corrected chi connectivity index (χ0v) is 12.7. The number of primary amides is 1. The number of rotatable bonds is 2. The van der Waals surface area contributed by atoms with Crippen molar-refractivity contribution in [2.75, 3.05) is 0 Å². The van der Waals surface area contributed by atoms with Gasteiger partial charge in [0.15, 0.2) is 0 Å². The first-order chi connectivity index (χ1) is 10.6. The lowest BCUT2D eigenvalue weighted by Crippen LogP contribution is -2.53. The van der Waals surface area contributed by atoms with Gasteiger partial charge >= 0.3 is 0 Å². The number of benzene rings is 1. The lowest BCUT2D eigenvalue weighted by atomic mass is 9.85. The molecule has 4 heteroatoms. The Morgan fingerprint density at radius 3 is 2.50 bits per heavy atom. The third kappa shape index (κ3) is 2.13. The predicted octanol–water partition coefficient (Wildman–Crippen LogP) is 1.86.